The Labute approximate surface area is 189 Å². The Balaban J connectivity index is 1.33. The van der Waals surface area contributed by atoms with Crippen molar-refractivity contribution in [1.29, 1.82) is 0 Å². The van der Waals surface area contributed by atoms with E-state index in [0.717, 1.165) is 60.6 Å². The van der Waals surface area contributed by atoms with Crippen LogP contribution in [0, 0.1) is 11.7 Å². The molecule has 5 rings (SSSR count). The zero-order valence-electron chi connectivity index (χ0n) is 16.7. The molecule has 0 amide bonds. The van der Waals surface area contributed by atoms with Crippen molar-refractivity contribution in [1.82, 2.24) is 19.6 Å². The van der Waals surface area contributed by atoms with Gasteiger partial charge in [0.15, 0.2) is 11.5 Å². The second kappa shape index (κ2) is 8.44. The average Bonchev–Trinajstić information content (AvgIpc) is 3.17. The molecule has 4 heterocycles. The molecular weight excluding hydrogens is 436 g/mol. The number of rotatable bonds is 4. The van der Waals surface area contributed by atoms with Crippen LogP contribution in [-0.2, 0) is 6.42 Å². The number of pyridine rings is 2. The van der Waals surface area contributed by atoms with E-state index in [-0.39, 0.29) is 5.82 Å². The first kappa shape index (κ1) is 20.2. The molecule has 3 aromatic heterocycles. The fourth-order valence-electron chi connectivity index (χ4n) is 4.20. The van der Waals surface area contributed by atoms with Crippen molar-refractivity contribution in [3.05, 3.63) is 76.7 Å². The molecule has 0 radical (unpaired) electrons. The summed E-state index contributed by atoms with van der Waals surface area (Å²) in [5.41, 5.74) is 3.44. The van der Waals surface area contributed by atoms with Gasteiger partial charge in [-0.05, 0) is 61.2 Å². The summed E-state index contributed by atoms with van der Waals surface area (Å²) in [5, 5.41) is 5.56. The van der Waals surface area contributed by atoms with E-state index >= 15 is 0 Å². The SMILES string of the molecule is Fc1ccc(-c2cccn3nc(CC4CCN(c5ccnc(Cl)c5)CC4)nc23)c(Cl)c1. The predicted molar refractivity (Wildman–Crippen MR) is 121 cm³/mol. The topological polar surface area (TPSA) is 46.3 Å². The highest BCUT2D eigenvalue weighted by Gasteiger charge is 2.22. The van der Waals surface area contributed by atoms with E-state index in [2.05, 4.69) is 15.0 Å². The number of fused-ring (bicyclic) bond motifs is 1. The maximum Gasteiger partial charge on any atom is 0.163 e. The average molecular weight is 456 g/mol. The molecule has 0 bridgehead atoms. The van der Waals surface area contributed by atoms with Crippen LogP contribution in [-0.4, -0.2) is 32.7 Å². The maximum absolute atomic E-state index is 13.5. The Kier molecular flexibility index (Phi) is 5.50. The summed E-state index contributed by atoms with van der Waals surface area (Å²) < 4.78 is 15.2. The Hall–Kier alpha value is -2.70. The number of hydrogen-bond donors (Lipinski definition) is 0. The summed E-state index contributed by atoms with van der Waals surface area (Å²) in [5.74, 6) is 0.975. The first-order valence-electron chi connectivity index (χ1n) is 10.2. The van der Waals surface area contributed by atoms with Crippen LogP contribution in [0.25, 0.3) is 16.8 Å². The van der Waals surface area contributed by atoms with Crippen LogP contribution in [0.4, 0.5) is 10.1 Å². The van der Waals surface area contributed by atoms with Crippen LogP contribution in [0.2, 0.25) is 10.2 Å². The Morgan fingerprint density at radius 1 is 1.03 bits per heavy atom. The molecule has 1 saturated heterocycles. The second-order valence-corrected chi connectivity index (χ2v) is 8.61. The van der Waals surface area contributed by atoms with Crippen LogP contribution in [0.15, 0.2) is 54.9 Å². The molecule has 8 heteroatoms. The van der Waals surface area contributed by atoms with Gasteiger partial charge in [-0.15, -0.1) is 0 Å². The smallest absolute Gasteiger partial charge is 0.163 e. The number of anilines is 1. The normalized spacial score (nSPS) is 15.0. The van der Waals surface area contributed by atoms with Gasteiger partial charge in [0.2, 0.25) is 0 Å². The lowest BCUT2D eigenvalue weighted by Crippen LogP contribution is -2.34. The van der Waals surface area contributed by atoms with Gasteiger partial charge >= 0.3 is 0 Å². The molecule has 0 atom stereocenters. The van der Waals surface area contributed by atoms with Gasteiger partial charge in [0.25, 0.3) is 0 Å². The molecule has 0 N–H and O–H groups in total. The van der Waals surface area contributed by atoms with Crippen molar-refractivity contribution in [3.63, 3.8) is 0 Å². The Morgan fingerprint density at radius 2 is 1.87 bits per heavy atom. The summed E-state index contributed by atoms with van der Waals surface area (Å²) in [6.07, 6.45) is 6.57. The zero-order valence-corrected chi connectivity index (χ0v) is 18.2. The number of aromatic nitrogens is 4. The summed E-state index contributed by atoms with van der Waals surface area (Å²) >= 11 is 12.3. The van der Waals surface area contributed by atoms with E-state index in [4.69, 9.17) is 28.2 Å². The van der Waals surface area contributed by atoms with Gasteiger partial charge in [0.05, 0.1) is 5.02 Å². The molecule has 158 valence electrons. The molecule has 31 heavy (non-hydrogen) atoms. The van der Waals surface area contributed by atoms with E-state index in [0.29, 0.717) is 16.1 Å². The van der Waals surface area contributed by atoms with Gasteiger partial charge in [-0.1, -0.05) is 23.2 Å². The Morgan fingerprint density at radius 3 is 2.65 bits per heavy atom. The third-order valence-corrected chi connectivity index (χ3v) is 6.31. The summed E-state index contributed by atoms with van der Waals surface area (Å²) in [6, 6.07) is 12.2. The minimum atomic E-state index is -0.358. The molecule has 4 aromatic rings. The quantitative estimate of drug-likeness (QED) is 0.370. The number of nitrogens with zero attached hydrogens (tertiary/aromatic N) is 5. The van der Waals surface area contributed by atoms with Crippen LogP contribution in [0.1, 0.15) is 18.7 Å². The van der Waals surface area contributed by atoms with Crippen molar-refractivity contribution in [2.24, 2.45) is 5.92 Å². The predicted octanol–water partition coefficient (Wildman–Crippen LogP) is 5.70. The second-order valence-electron chi connectivity index (χ2n) is 7.81. The highest BCUT2D eigenvalue weighted by atomic mass is 35.5. The molecule has 1 fully saturated rings. The van der Waals surface area contributed by atoms with Gasteiger partial charge in [0, 0.05) is 48.7 Å². The zero-order chi connectivity index (χ0) is 21.4. The molecule has 0 saturated carbocycles. The van der Waals surface area contributed by atoms with Gasteiger partial charge in [-0.3, -0.25) is 0 Å². The van der Waals surface area contributed by atoms with Gasteiger partial charge in [0.1, 0.15) is 11.0 Å². The van der Waals surface area contributed by atoms with Crippen LogP contribution in [0.5, 0.6) is 0 Å². The third kappa shape index (κ3) is 4.23. The molecule has 1 aromatic carbocycles. The number of halogens is 3. The van der Waals surface area contributed by atoms with Crippen molar-refractivity contribution in [3.8, 4) is 11.1 Å². The van der Waals surface area contributed by atoms with Crippen LogP contribution >= 0.6 is 23.2 Å². The van der Waals surface area contributed by atoms with E-state index in [1.54, 1.807) is 16.8 Å². The van der Waals surface area contributed by atoms with E-state index < -0.39 is 0 Å². The van der Waals surface area contributed by atoms with Crippen molar-refractivity contribution in [2.45, 2.75) is 19.3 Å². The molecule has 0 spiro atoms. The van der Waals surface area contributed by atoms with E-state index in [9.17, 15) is 4.39 Å². The lowest BCUT2D eigenvalue weighted by molar-refractivity contribution is 0.397. The summed E-state index contributed by atoms with van der Waals surface area (Å²) in [7, 11) is 0. The fraction of sp³-hybridized carbons (Fsp3) is 0.261. The largest absolute Gasteiger partial charge is 0.371 e. The van der Waals surface area contributed by atoms with Crippen molar-refractivity contribution < 1.29 is 4.39 Å². The van der Waals surface area contributed by atoms with Gasteiger partial charge in [-0.25, -0.2) is 18.9 Å². The maximum atomic E-state index is 13.5. The molecule has 1 aliphatic rings. The molecule has 5 nitrogen and oxygen atoms in total. The first-order chi connectivity index (χ1) is 15.1. The number of hydrogen-bond acceptors (Lipinski definition) is 4. The minimum absolute atomic E-state index is 0.358. The highest BCUT2D eigenvalue weighted by Crippen LogP contribution is 2.31. The van der Waals surface area contributed by atoms with Crippen LogP contribution < -0.4 is 4.90 Å². The standard InChI is InChI=1S/C23H20Cl2FN5/c24-20-13-16(26)3-4-18(20)19-2-1-9-31-23(19)28-22(29-31)12-15-6-10-30(11-7-15)17-5-8-27-21(25)14-17/h1-5,8-9,13-15H,6-7,10-12H2. The fourth-order valence-corrected chi connectivity index (χ4v) is 4.63. The number of benzene rings is 1. The Bertz CT molecular complexity index is 1230. The molecule has 0 unspecified atom stereocenters. The number of piperidine rings is 1. The highest BCUT2D eigenvalue weighted by molar-refractivity contribution is 6.33. The van der Waals surface area contributed by atoms with Gasteiger partial charge < -0.3 is 4.90 Å². The molecule has 1 aliphatic heterocycles. The van der Waals surface area contributed by atoms with Crippen LogP contribution in [0.3, 0.4) is 0 Å². The van der Waals surface area contributed by atoms with Crippen molar-refractivity contribution in [2.75, 3.05) is 18.0 Å². The minimum Gasteiger partial charge on any atom is -0.371 e. The summed E-state index contributed by atoms with van der Waals surface area (Å²) in [4.78, 5) is 11.2. The van der Waals surface area contributed by atoms with E-state index in [1.807, 2.05) is 30.5 Å². The lowest BCUT2D eigenvalue weighted by Gasteiger charge is -2.33. The molecule has 0 aliphatic carbocycles. The molecular formula is C23H20Cl2FN5. The van der Waals surface area contributed by atoms with Crippen molar-refractivity contribution >= 4 is 34.5 Å². The lowest BCUT2D eigenvalue weighted by atomic mass is 9.93. The van der Waals surface area contributed by atoms with E-state index in [1.165, 1.54) is 12.1 Å². The van der Waals surface area contributed by atoms with Gasteiger partial charge in [-0.2, -0.15) is 5.10 Å². The first-order valence-corrected chi connectivity index (χ1v) is 11.0. The third-order valence-electron chi connectivity index (χ3n) is 5.79. The monoisotopic (exact) mass is 455 g/mol. The summed E-state index contributed by atoms with van der Waals surface area (Å²) in [6.45, 7) is 1.93.